The van der Waals surface area contributed by atoms with Crippen LogP contribution in [-0.4, -0.2) is 59.9 Å². The monoisotopic (exact) mass is 504 g/mol. The molecule has 1 heterocycles. The molecule has 0 unspecified atom stereocenters. The number of nitrogens with zero attached hydrogens (tertiary/aromatic N) is 2. The van der Waals surface area contributed by atoms with E-state index in [1.165, 1.54) is 12.3 Å². The molecule has 8 N–H and O–H groups in total. The van der Waals surface area contributed by atoms with Crippen molar-refractivity contribution in [2.24, 2.45) is 16.5 Å². The number of carbonyl (C=O) groups is 2. The number of aliphatic hydroxyl groups is 1. The molecular formula is C28H36N6O3. The zero-order chi connectivity index (χ0) is 27.5. The van der Waals surface area contributed by atoms with Gasteiger partial charge in [-0.1, -0.05) is 18.2 Å². The number of hydrogen-bond acceptors (Lipinski definition) is 8. The highest BCUT2D eigenvalue weighted by Crippen LogP contribution is 2.21. The summed E-state index contributed by atoms with van der Waals surface area (Å²) in [5.41, 5.74) is 20.9. The number of amides is 1. The molecule has 0 saturated carbocycles. The largest absolute Gasteiger partial charge is 0.404 e. The average Bonchev–Trinajstić information content (AvgIpc) is 3.41. The van der Waals surface area contributed by atoms with Crippen LogP contribution in [0.2, 0.25) is 0 Å². The number of allylic oxidation sites excluding steroid dienone is 2. The van der Waals surface area contributed by atoms with Gasteiger partial charge in [0, 0.05) is 72.8 Å². The van der Waals surface area contributed by atoms with Gasteiger partial charge < -0.3 is 27.2 Å². The number of rotatable bonds is 7. The van der Waals surface area contributed by atoms with Gasteiger partial charge >= 0.3 is 0 Å². The van der Waals surface area contributed by atoms with E-state index in [4.69, 9.17) is 27.7 Å². The lowest BCUT2D eigenvalue weighted by Gasteiger charge is -2.15. The third-order valence-corrected chi connectivity index (χ3v) is 5.49. The SMILES string of the molecule is CC(C)O.CN=C/C(=C\N)c1ccc(C(=N)C(=O)/C=C(\N)c2ccc(C(=O)N3CCCC3)cc2)c(N)c1. The van der Waals surface area contributed by atoms with Crippen molar-refractivity contribution in [3.8, 4) is 0 Å². The first kappa shape index (κ1) is 29.0. The fraction of sp³-hybridized carbons (Fsp3) is 0.286. The van der Waals surface area contributed by atoms with Crippen LogP contribution >= 0.6 is 0 Å². The summed E-state index contributed by atoms with van der Waals surface area (Å²) in [4.78, 5) is 30.9. The van der Waals surface area contributed by atoms with Crippen molar-refractivity contribution in [2.75, 3.05) is 25.9 Å². The third-order valence-electron chi connectivity index (χ3n) is 5.49. The zero-order valence-electron chi connectivity index (χ0n) is 21.6. The molecule has 1 fully saturated rings. The van der Waals surface area contributed by atoms with E-state index < -0.39 is 5.78 Å². The quantitative estimate of drug-likeness (QED) is 0.220. The fourth-order valence-electron chi connectivity index (χ4n) is 3.66. The second kappa shape index (κ2) is 13.7. The molecule has 2 aromatic rings. The lowest BCUT2D eigenvalue weighted by Crippen LogP contribution is -2.27. The van der Waals surface area contributed by atoms with Gasteiger partial charge in [0.05, 0.1) is 0 Å². The summed E-state index contributed by atoms with van der Waals surface area (Å²) in [7, 11) is 1.63. The number of hydrogen-bond donors (Lipinski definition) is 5. The van der Waals surface area contributed by atoms with Crippen LogP contribution in [0.1, 0.15) is 53.7 Å². The minimum absolute atomic E-state index is 0.00350. The molecule has 0 bridgehead atoms. The summed E-state index contributed by atoms with van der Waals surface area (Å²) >= 11 is 0. The maximum Gasteiger partial charge on any atom is 0.253 e. The van der Waals surface area contributed by atoms with E-state index in [9.17, 15) is 9.59 Å². The van der Waals surface area contributed by atoms with Gasteiger partial charge in [0.2, 0.25) is 5.78 Å². The summed E-state index contributed by atoms with van der Waals surface area (Å²) in [5.74, 6) is -0.579. The third kappa shape index (κ3) is 8.15. The summed E-state index contributed by atoms with van der Waals surface area (Å²) in [6.07, 6.45) is 6.09. The second-order valence-electron chi connectivity index (χ2n) is 8.82. The number of benzene rings is 2. The molecule has 2 aromatic carbocycles. The van der Waals surface area contributed by atoms with Gasteiger partial charge in [-0.3, -0.25) is 20.0 Å². The first-order valence-corrected chi connectivity index (χ1v) is 12.0. The molecule has 0 radical (unpaired) electrons. The molecular weight excluding hydrogens is 468 g/mol. The highest BCUT2D eigenvalue weighted by atomic mass is 16.3. The van der Waals surface area contributed by atoms with Crippen LogP contribution in [-0.2, 0) is 4.79 Å². The van der Waals surface area contributed by atoms with Crippen molar-refractivity contribution >= 4 is 40.6 Å². The standard InChI is InChI=1S/C25H28N6O2.C3H8O/c1-30-15-19(14-26)18-8-9-20(22(28)12-18)24(29)23(32)13-21(27)16-4-6-17(7-5-16)25(33)31-10-2-3-11-31;1-3(2)4/h4-9,12-15,29H,2-3,10-11,26-28H2,1H3;3-4H,1-2H3/b19-14+,21-13-,29-24?,30-15?;. The topological polar surface area (TPSA) is 172 Å². The molecule has 0 aliphatic carbocycles. The zero-order valence-corrected chi connectivity index (χ0v) is 21.6. The van der Waals surface area contributed by atoms with Crippen molar-refractivity contribution in [1.82, 2.24) is 4.90 Å². The number of nitrogens with two attached hydrogens (primary N) is 3. The number of nitrogen functional groups attached to an aromatic ring is 1. The predicted octanol–water partition coefficient (Wildman–Crippen LogP) is 2.83. The number of aliphatic imine (C=N–C) groups is 1. The molecule has 1 aliphatic heterocycles. The molecule has 1 amide bonds. The van der Waals surface area contributed by atoms with E-state index >= 15 is 0 Å². The van der Waals surface area contributed by atoms with Crippen molar-refractivity contribution in [1.29, 1.82) is 5.41 Å². The molecule has 0 atom stereocenters. The van der Waals surface area contributed by atoms with Crippen LogP contribution in [0.3, 0.4) is 0 Å². The molecule has 0 spiro atoms. The maximum atomic E-state index is 12.7. The minimum Gasteiger partial charge on any atom is -0.404 e. The van der Waals surface area contributed by atoms with Gasteiger partial charge in [0.25, 0.3) is 5.91 Å². The first-order chi connectivity index (χ1) is 17.6. The van der Waals surface area contributed by atoms with Crippen LogP contribution in [0.25, 0.3) is 11.3 Å². The molecule has 0 aromatic heterocycles. The summed E-state index contributed by atoms with van der Waals surface area (Å²) in [5, 5.41) is 16.3. The Kier molecular flexibility index (Phi) is 10.8. The van der Waals surface area contributed by atoms with Gasteiger partial charge in [0.15, 0.2) is 0 Å². The number of nitrogens with one attached hydrogen (secondary N) is 1. The van der Waals surface area contributed by atoms with Gasteiger partial charge in [-0.05, 0) is 62.1 Å². The highest BCUT2D eigenvalue weighted by Gasteiger charge is 2.19. The normalized spacial score (nSPS) is 14.0. The van der Waals surface area contributed by atoms with Gasteiger partial charge in [-0.25, -0.2) is 0 Å². The number of anilines is 1. The number of carbonyl (C=O) groups excluding carboxylic acids is 2. The number of likely N-dealkylation sites (tertiary alicyclic amines) is 1. The Hall–Kier alpha value is -4.24. The minimum atomic E-state index is -0.575. The Morgan fingerprint density at radius 2 is 1.59 bits per heavy atom. The van der Waals surface area contributed by atoms with Gasteiger partial charge in [0.1, 0.15) is 5.71 Å². The Labute approximate surface area is 217 Å². The Balaban J connectivity index is 0.00000112. The van der Waals surface area contributed by atoms with E-state index in [1.807, 2.05) is 4.90 Å². The lowest BCUT2D eigenvalue weighted by atomic mass is 9.98. The van der Waals surface area contributed by atoms with Gasteiger partial charge in [-0.15, -0.1) is 0 Å². The Morgan fingerprint density at radius 3 is 2.11 bits per heavy atom. The summed E-state index contributed by atoms with van der Waals surface area (Å²) in [6, 6.07) is 11.8. The average molecular weight is 505 g/mol. The van der Waals surface area contributed by atoms with Crippen LogP contribution < -0.4 is 17.2 Å². The number of aliphatic hydroxyl groups excluding tert-OH is 1. The molecule has 9 nitrogen and oxygen atoms in total. The fourth-order valence-corrected chi connectivity index (χ4v) is 3.66. The molecule has 9 heteroatoms. The van der Waals surface area contributed by atoms with Crippen LogP contribution in [0.15, 0.2) is 59.7 Å². The molecule has 1 saturated heterocycles. The summed E-state index contributed by atoms with van der Waals surface area (Å²) in [6.45, 7) is 5.00. The van der Waals surface area contributed by atoms with E-state index in [0.29, 0.717) is 22.3 Å². The highest BCUT2D eigenvalue weighted by molar-refractivity contribution is 6.50. The molecule has 3 rings (SSSR count). The van der Waals surface area contributed by atoms with E-state index in [-0.39, 0.29) is 29.1 Å². The van der Waals surface area contributed by atoms with E-state index in [0.717, 1.165) is 31.5 Å². The van der Waals surface area contributed by atoms with Crippen LogP contribution in [0.4, 0.5) is 5.69 Å². The first-order valence-electron chi connectivity index (χ1n) is 12.0. The molecule has 37 heavy (non-hydrogen) atoms. The van der Waals surface area contributed by atoms with Crippen molar-refractivity contribution in [2.45, 2.75) is 32.8 Å². The van der Waals surface area contributed by atoms with Gasteiger partial charge in [-0.2, -0.15) is 0 Å². The smallest absolute Gasteiger partial charge is 0.253 e. The van der Waals surface area contributed by atoms with Crippen LogP contribution in [0.5, 0.6) is 0 Å². The molecule has 1 aliphatic rings. The van der Waals surface area contributed by atoms with E-state index in [1.54, 1.807) is 69.6 Å². The Bertz CT molecular complexity index is 1200. The van der Waals surface area contributed by atoms with Crippen molar-refractivity contribution in [3.63, 3.8) is 0 Å². The molecule has 196 valence electrons. The summed E-state index contributed by atoms with van der Waals surface area (Å²) < 4.78 is 0. The number of ketones is 1. The van der Waals surface area contributed by atoms with Crippen molar-refractivity contribution in [3.05, 3.63) is 77.0 Å². The van der Waals surface area contributed by atoms with Crippen LogP contribution in [0, 0.1) is 5.41 Å². The van der Waals surface area contributed by atoms with E-state index in [2.05, 4.69) is 4.99 Å². The second-order valence-corrected chi connectivity index (χ2v) is 8.82. The lowest BCUT2D eigenvalue weighted by molar-refractivity contribution is -0.108. The maximum absolute atomic E-state index is 12.7. The van der Waals surface area contributed by atoms with Crippen molar-refractivity contribution < 1.29 is 14.7 Å². The Morgan fingerprint density at radius 1 is 1.05 bits per heavy atom. The predicted molar refractivity (Wildman–Crippen MR) is 150 cm³/mol.